The zero-order valence-electron chi connectivity index (χ0n) is 8.22. The Bertz CT molecular complexity index is 289. The number of ether oxygens (including phenoxy) is 1. The van der Waals surface area contributed by atoms with Gasteiger partial charge in [0.05, 0.1) is 6.61 Å². The molecule has 0 atom stereocenters. The van der Waals surface area contributed by atoms with E-state index in [-0.39, 0.29) is 5.82 Å². The van der Waals surface area contributed by atoms with E-state index < -0.39 is 0 Å². The summed E-state index contributed by atoms with van der Waals surface area (Å²) in [6.07, 6.45) is 2.13. The van der Waals surface area contributed by atoms with Crippen LogP contribution in [0, 0.1) is 5.82 Å². The van der Waals surface area contributed by atoms with Gasteiger partial charge in [-0.2, -0.15) is 0 Å². The molecule has 1 aromatic carbocycles. The Morgan fingerprint density at radius 1 is 1.43 bits per heavy atom. The van der Waals surface area contributed by atoms with Gasteiger partial charge in [0.2, 0.25) is 0 Å². The standard InChI is InChI=1S/C11H14BrFO/c1-2-3-6-14-8-9-4-5-10(12)7-11(9)13/h4-5,7H,2-3,6,8H2,1H3. The Labute approximate surface area is 92.4 Å². The zero-order valence-corrected chi connectivity index (χ0v) is 9.81. The first-order valence-corrected chi connectivity index (χ1v) is 5.55. The van der Waals surface area contributed by atoms with Crippen molar-refractivity contribution in [2.24, 2.45) is 0 Å². The molecule has 14 heavy (non-hydrogen) atoms. The second-order valence-corrected chi connectivity index (χ2v) is 4.06. The Morgan fingerprint density at radius 2 is 2.21 bits per heavy atom. The van der Waals surface area contributed by atoms with Crippen molar-refractivity contribution in [2.45, 2.75) is 26.4 Å². The summed E-state index contributed by atoms with van der Waals surface area (Å²) in [5, 5.41) is 0. The van der Waals surface area contributed by atoms with E-state index >= 15 is 0 Å². The highest BCUT2D eigenvalue weighted by Crippen LogP contribution is 2.15. The first-order chi connectivity index (χ1) is 6.74. The molecular formula is C11H14BrFO. The van der Waals surface area contributed by atoms with E-state index in [4.69, 9.17) is 4.74 Å². The van der Waals surface area contributed by atoms with E-state index in [0.29, 0.717) is 18.8 Å². The molecule has 0 aliphatic rings. The molecule has 0 radical (unpaired) electrons. The minimum atomic E-state index is -0.212. The lowest BCUT2D eigenvalue weighted by atomic mass is 10.2. The Morgan fingerprint density at radius 3 is 2.86 bits per heavy atom. The Balaban J connectivity index is 2.42. The summed E-state index contributed by atoms with van der Waals surface area (Å²) in [5.74, 6) is -0.212. The smallest absolute Gasteiger partial charge is 0.129 e. The minimum absolute atomic E-state index is 0.212. The van der Waals surface area contributed by atoms with Gasteiger partial charge in [0.15, 0.2) is 0 Å². The molecule has 0 amide bonds. The third kappa shape index (κ3) is 3.76. The predicted octanol–water partition coefficient (Wildman–Crippen LogP) is 3.90. The molecule has 0 unspecified atom stereocenters. The largest absolute Gasteiger partial charge is 0.377 e. The van der Waals surface area contributed by atoms with Crippen molar-refractivity contribution in [1.82, 2.24) is 0 Å². The summed E-state index contributed by atoms with van der Waals surface area (Å²) in [7, 11) is 0. The predicted molar refractivity (Wildman–Crippen MR) is 58.7 cm³/mol. The molecule has 78 valence electrons. The number of benzene rings is 1. The van der Waals surface area contributed by atoms with Gasteiger partial charge in [-0.1, -0.05) is 35.3 Å². The Kier molecular flexibility index (Phi) is 5.12. The molecule has 0 aliphatic heterocycles. The first kappa shape index (κ1) is 11.7. The minimum Gasteiger partial charge on any atom is -0.377 e. The fourth-order valence-corrected chi connectivity index (χ4v) is 1.40. The molecule has 0 N–H and O–H groups in total. The van der Waals surface area contributed by atoms with Crippen molar-refractivity contribution in [2.75, 3.05) is 6.61 Å². The van der Waals surface area contributed by atoms with E-state index in [1.165, 1.54) is 6.07 Å². The van der Waals surface area contributed by atoms with Gasteiger partial charge in [0.25, 0.3) is 0 Å². The molecule has 1 rings (SSSR count). The highest BCUT2D eigenvalue weighted by molar-refractivity contribution is 9.10. The summed E-state index contributed by atoms with van der Waals surface area (Å²) in [6, 6.07) is 5.02. The number of hydrogen-bond acceptors (Lipinski definition) is 1. The molecule has 1 nitrogen and oxygen atoms in total. The number of hydrogen-bond donors (Lipinski definition) is 0. The molecule has 0 bridgehead atoms. The summed E-state index contributed by atoms with van der Waals surface area (Å²) in [5.41, 5.74) is 0.615. The average molecular weight is 261 g/mol. The number of unbranched alkanes of at least 4 members (excludes halogenated alkanes) is 1. The van der Waals surface area contributed by atoms with E-state index in [1.54, 1.807) is 6.07 Å². The van der Waals surface area contributed by atoms with Crippen molar-refractivity contribution >= 4 is 15.9 Å². The van der Waals surface area contributed by atoms with Crippen LogP contribution in [0.3, 0.4) is 0 Å². The third-order valence-corrected chi connectivity index (χ3v) is 2.41. The summed E-state index contributed by atoms with van der Waals surface area (Å²) < 4.78 is 19.3. The fraction of sp³-hybridized carbons (Fsp3) is 0.455. The molecule has 0 aliphatic carbocycles. The van der Waals surface area contributed by atoms with Gasteiger partial charge in [0, 0.05) is 16.6 Å². The molecule has 0 saturated carbocycles. The van der Waals surface area contributed by atoms with Gasteiger partial charge in [-0.3, -0.25) is 0 Å². The molecular weight excluding hydrogens is 247 g/mol. The SMILES string of the molecule is CCCCOCc1ccc(Br)cc1F. The van der Waals surface area contributed by atoms with Crippen molar-refractivity contribution in [3.05, 3.63) is 34.1 Å². The maximum Gasteiger partial charge on any atom is 0.129 e. The van der Waals surface area contributed by atoms with E-state index in [9.17, 15) is 4.39 Å². The average Bonchev–Trinajstić information content (AvgIpc) is 2.15. The van der Waals surface area contributed by atoms with Crippen LogP contribution < -0.4 is 0 Å². The van der Waals surface area contributed by atoms with Crippen LogP contribution in [0.2, 0.25) is 0 Å². The molecule has 1 aromatic rings. The number of rotatable bonds is 5. The second kappa shape index (κ2) is 6.14. The second-order valence-electron chi connectivity index (χ2n) is 3.14. The van der Waals surface area contributed by atoms with Crippen LogP contribution in [0.4, 0.5) is 4.39 Å². The van der Waals surface area contributed by atoms with Gasteiger partial charge in [-0.05, 0) is 18.6 Å². The fourth-order valence-electron chi connectivity index (χ4n) is 1.07. The van der Waals surface area contributed by atoms with Crippen LogP contribution in [0.15, 0.2) is 22.7 Å². The van der Waals surface area contributed by atoms with E-state index in [1.807, 2.05) is 6.07 Å². The zero-order chi connectivity index (χ0) is 10.4. The highest BCUT2D eigenvalue weighted by Gasteiger charge is 2.01. The third-order valence-electron chi connectivity index (χ3n) is 1.91. The molecule has 0 fully saturated rings. The quantitative estimate of drug-likeness (QED) is 0.730. The van der Waals surface area contributed by atoms with Gasteiger partial charge in [-0.25, -0.2) is 4.39 Å². The molecule has 3 heteroatoms. The van der Waals surface area contributed by atoms with E-state index in [0.717, 1.165) is 17.3 Å². The Hall–Kier alpha value is -0.410. The molecule has 0 aromatic heterocycles. The normalized spacial score (nSPS) is 10.5. The molecule has 0 spiro atoms. The number of halogens is 2. The molecule has 0 heterocycles. The van der Waals surface area contributed by atoms with Crippen LogP contribution in [0.5, 0.6) is 0 Å². The van der Waals surface area contributed by atoms with Crippen LogP contribution in [-0.4, -0.2) is 6.61 Å². The van der Waals surface area contributed by atoms with Crippen molar-refractivity contribution in [3.63, 3.8) is 0 Å². The van der Waals surface area contributed by atoms with Crippen LogP contribution >= 0.6 is 15.9 Å². The summed E-state index contributed by atoms with van der Waals surface area (Å²) in [4.78, 5) is 0. The topological polar surface area (TPSA) is 9.23 Å². The van der Waals surface area contributed by atoms with Gasteiger partial charge < -0.3 is 4.74 Å². The summed E-state index contributed by atoms with van der Waals surface area (Å²) in [6.45, 7) is 3.16. The van der Waals surface area contributed by atoms with Gasteiger partial charge >= 0.3 is 0 Å². The van der Waals surface area contributed by atoms with Crippen molar-refractivity contribution < 1.29 is 9.13 Å². The van der Waals surface area contributed by atoms with Gasteiger partial charge in [0.1, 0.15) is 5.82 Å². The molecule has 0 saturated heterocycles. The van der Waals surface area contributed by atoms with E-state index in [2.05, 4.69) is 22.9 Å². The lowest BCUT2D eigenvalue weighted by Crippen LogP contribution is -1.97. The van der Waals surface area contributed by atoms with Crippen LogP contribution in [0.1, 0.15) is 25.3 Å². The first-order valence-electron chi connectivity index (χ1n) is 4.75. The van der Waals surface area contributed by atoms with Crippen LogP contribution in [0.25, 0.3) is 0 Å². The maximum atomic E-state index is 13.2. The monoisotopic (exact) mass is 260 g/mol. The highest BCUT2D eigenvalue weighted by atomic mass is 79.9. The summed E-state index contributed by atoms with van der Waals surface area (Å²) >= 11 is 3.21. The lowest BCUT2D eigenvalue weighted by molar-refractivity contribution is 0.115. The maximum absolute atomic E-state index is 13.2. The van der Waals surface area contributed by atoms with Crippen molar-refractivity contribution in [1.29, 1.82) is 0 Å². The lowest BCUT2D eigenvalue weighted by Gasteiger charge is -2.04. The van der Waals surface area contributed by atoms with Crippen molar-refractivity contribution in [3.8, 4) is 0 Å². The van der Waals surface area contributed by atoms with Gasteiger partial charge in [-0.15, -0.1) is 0 Å². The van der Waals surface area contributed by atoms with Crippen LogP contribution in [-0.2, 0) is 11.3 Å².